The Labute approximate surface area is 225 Å². The fourth-order valence-corrected chi connectivity index (χ4v) is 4.92. The van der Waals surface area contributed by atoms with E-state index in [-0.39, 0.29) is 28.0 Å². The standard InChI is InChI=1S/C27H23Cl2N3O4S/c1-37(35,36)20-9-5-17(6-10-20)16-31-26(33)18-7-11-21(24(29)14-18)27(34)32-19-8-12-23(28)22(15-19)25-4-2-3-13-30-25/h2-6,8-15,18H,7,16H2,1H3,(H,31,33)(H,32,34). The third-order valence-corrected chi connectivity index (χ3v) is 7.53. The van der Waals surface area contributed by atoms with E-state index >= 15 is 0 Å². The SMILES string of the molecule is CS(=O)(=O)c1ccc(CNC(=O)C2C=C(Cl)C(C(=O)Nc3ccc(Cl)c(-c4ccccn4)c3)=CC2)cc1. The summed E-state index contributed by atoms with van der Waals surface area (Å²) in [6.45, 7) is 0.233. The molecule has 1 aliphatic carbocycles. The van der Waals surface area contributed by atoms with Gasteiger partial charge in [0.25, 0.3) is 5.91 Å². The fraction of sp³-hybridized carbons (Fsp3) is 0.148. The van der Waals surface area contributed by atoms with Crippen LogP contribution < -0.4 is 10.6 Å². The van der Waals surface area contributed by atoms with Gasteiger partial charge in [-0.25, -0.2) is 8.42 Å². The summed E-state index contributed by atoms with van der Waals surface area (Å²) in [5.41, 5.74) is 2.93. The normalized spacial score (nSPS) is 15.4. The molecule has 0 aliphatic heterocycles. The highest BCUT2D eigenvalue weighted by atomic mass is 35.5. The summed E-state index contributed by atoms with van der Waals surface area (Å²) in [6.07, 6.45) is 6.30. The van der Waals surface area contributed by atoms with Gasteiger partial charge in [-0.3, -0.25) is 14.6 Å². The number of allylic oxidation sites excluding steroid dienone is 1. The van der Waals surface area contributed by atoms with Gasteiger partial charge in [0, 0.05) is 35.3 Å². The maximum atomic E-state index is 12.9. The van der Waals surface area contributed by atoms with Crippen LogP contribution in [0.25, 0.3) is 11.3 Å². The molecule has 1 heterocycles. The van der Waals surface area contributed by atoms with E-state index in [4.69, 9.17) is 23.2 Å². The van der Waals surface area contributed by atoms with Gasteiger partial charge in [-0.05, 0) is 54.4 Å². The number of aromatic nitrogens is 1. The van der Waals surface area contributed by atoms with Crippen LogP contribution in [0.1, 0.15) is 12.0 Å². The number of nitrogens with one attached hydrogen (secondary N) is 2. The van der Waals surface area contributed by atoms with Crippen molar-refractivity contribution in [3.63, 3.8) is 0 Å². The minimum absolute atomic E-state index is 0.181. The van der Waals surface area contributed by atoms with Crippen molar-refractivity contribution in [2.24, 2.45) is 5.92 Å². The Morgan fingerprint density at radius 3 is 2.46 bits per heavy atom. The number of benzene rings is 2. The maximum absolute atomic E-state index is 12.9. The molecule has 1 unspecified atom stereocenters. The second-order valence-electron chi connectivity index (χ2n) is 8.47. The molecule has 2 amide bonds. The molecule has 0 radical (unpaired) electrons. The van der Waals surface area contributed by atoms with Crippen LogP contribution in [0, 0.1) is 5.92 Å². The summed E-state index contributed by atoms with van der Waals surface area (Å²) < 4.78 is 23.2. The van der Waals surface area contributed by atoms with Crippen LogP contribution in [0.15, 0.2) is 94.5 Å². The van der Waals surface area contributed by atoms with E-state index < -0.39 is 21.7 Å². The van der Waals surface area contributed by atoms with E-state index in [1.807, 2.05) is 12.1 Å². The zero-order chi connectivity index (χ0) is 26.6. The lowest BCUT2D eigenvalue weighted by Gasteiger charge is -2.18. The number of hydrogen-bond donors (Lipinski definition) is 2. The summed E-state index contributed by atoms with van der Waals surface area (Å²) in [5.74, 6) is -1.19. The molecule has 0 fully saturated rings. The van der Waals surface area contributed by atoms with Gasteiger partial charge in [0.05, 0.1) is 27.1 Å². The highest BCUT2D eigenvalue weighted by Crippen LogP contribution is 2.31. The molecule has 0 bridgehead atoms. The number of rotatable bonds is 7. The molecule has 190 valence electrons. The van der Waals surface area contributed by atoms with Gasteiger partial charge in [-0.2, -0.15) is 0 Å². The number of carbonyl (C=O) groups is 2. The van der Waals surface area contributed by atoms with Gasteiger partial charge in [-0.15, -0.1) is 0 Å². The van der Waals surface area contributed by atoms with Crippen LogP contribution in [0.5, 0.6) is 0 Å². The van der Waals surface area contributed by atoms with E-state index in [1.54, 1.807) is 54.7 Å². The molecule has 37 heavy (non-hydrogen) atoms. The first kappa shape index (κ1) is 26.6. The zero-order valence-electron chi connectivity index (χ0n) is 19.7. The van der Waals surface area contributed by atoms with Crippen molar-refractivity contribution in [2.45, 2.75) is 17.9 Å². The number of amides is 2. The molecule has 1 aromatic heterocycles. The first-order valence-corrected chi connectivity index (χ1v) is 13.9. The van der Waals surface area contributed by atoms with Crippen LogP contribution in [-0.4, -0.2) is 31.5 Å². The van der Waals surface area contributed by atoms with E-state index in [0.29, 0.717) is 28.4 Å². The van der Waals surface area contributed by atoms with E-state index in [1.165, 1.54) is 12.1 Å². The molecule has 10 heteroatoms. The topological polar surface area (TPSA) is 105 Å². The monoisotopic (exact) mass is 555 g/mol. The summed E-state index contributed by atoms with van der Waals surface area (Å²) >= 11 is 12.7. The van der Waals surface area contributed by atoms with Gasteiger partial charge < -0.3 is 10.6 Å². The Bertz CT molecular complexity index is 1500. The van der Waals surface area contributed by atoms with Crippen molar-refractivity contribution in [2.75, 3.05) is 11.6 Å². The molecule has 3 aromatic rings. The Morgan fingerprint density at radius 1 is 1.05 bits per heavy atom. The zero-order valence-corrected chi connectivity index (χ0v) is 22.1. The number of halogens is 2. The van der Waals surface area contributed by atoms with E-state index in [2.05, 4.69) is 15.6 Å². The first-order valence-electron chi connectivity index (χ1n) is 11.3. The minimum atomic E-state index is -3.28. The molecule has 1 atom stereocenters. The van der Waals surface area contributed by atoms with Gasteiger partial charge in [0.1, 0.15) is 0 Å². The number of hydrogen-bond acceptors (Lipinski definition) is 5. The molecule has 0 saturated heterocycles. The Balaban J connectivity index is 1.37. The van der Waals surface area contributed by atoms with Gasteiger partial charge in [-0.1, -0.05) is 53.6 Å². The van der Waals surface area contributed by atoms with Crippen molar-refractivity contribution >= 4 is 50.5 Å². The Kier molecular flexibility index (Phi) is 8.12. The van der Waals surface area contributed by atoms with Crippen LogP contribution in [0.4, 0.5) is 5.69 Å². The molecule has 2 N–H and O–H groups in total. The number of pyridine rings is 1. The van der Waals surface area contributed by atoms with Gasteiger partial charge in [0.2, 0.25) is 5.91 Å². The quantitative estimate of drug-likeness (QED) is 0.420. The molecule has 4 rings (SSSR count). The van der Waals surface area contributed by atoms with Crippen LogP contribution in [0.3, 0.4) is 0 Å². The van der Waals surface area contributed by atoms with Crippen LogP contribution in [0.2, 0.25) is 5.02 Å². The van der Waals surface area contributed by atoms with Crippen molar-refractivity contribution in [3.05, 3.63) is 100 Å². The van der Waals surface area contributed by atoms with Gasteiger partial charge in [0.15, 0.2) is 9.84 Å². The average Bonchev–Trinajstić information content (AvgIpc) is 2.88. The molecule has 0 saturated carbocycles. The number of sulfone groups is 1. The highest BCUT2D eigenvalue weighted by Gasteiger charge is 2.24. The predicted molar refractivity (Wildman–Crippen MR) is 145 cm³/mol. The Hall–Kier alpha value is -3.46. The molecular weight excluding hydrogens is 533 g/mol. The second kappa shape index (κ2) is 11.3. The number of nitrogens with zero attached hydrogens (tertiary/aromatic N) is 1. The average molecular weight is 556 g/mol. The molecule has 1 aliphatic rings. The lowest BCUT2D eigenvalue weighted by molar-refractivity contribution is -0.123. The minimum Gasteiger partial charge on any atom is -0.352 e. The third kappa shape index (κ3) is 6.65. The third-order valence-electron chi connectivity index (χ3n) is 5.75. The summed E-state index contributed by atoms with van der Waals surface area (Å²) in [7, 11) is -3.28. The van der Waals surface area contributed by atoms with Crippen molar-refractivity contribution < 1.29 is 18.0 Å². The lowest BCUT2D eigenvalue weighted by Crippen LogP contribution is -2.30. The molecule has 7 nitrogen and oxygen atoms in total. The lowest BCUT2D eigenvalue weighted by atomic mass is 9.95. The predicted octanol–water partition coefficient (Wildman–Crippen LogP) is 5.13. The number of anilines is 1. The van der Waals surface area contributed by atoms with Crippen LogP contribution in [-0.2, 0) is 26.0 Å². The van der Waals surface area contributed by atoms with Crippen molar-refractivity contribution in [3.8, 4) is 11.3 Å². The maximum Gasteiger partial charge on any atom is 0.256 e. The van der Waals surface area contributed by atoms with E-state index in [9.17, 15) is 18.0 Å². The van der Waals surface area contributed by atoms with Gasteiger partial charge >= 0.3 is 0 Å². The molecular formula is C27H23Cl2N3O4S. The van der Waals surface area contributed by atoms with Crippen molar-refractivity contribution in [1.82, 2.24) is 10.3 Å². The second-order valence-corrected chi connectivity index (χ2v) is 11.3. The smallest absolute Gasteiger partial charge is 0.256 e. The summed E-state index contributed by atoms with van der Waals surface area (Å²) in [5, 5.41) is 6.33. The number of carbonyl (C=O) groups excluding carboxylic acids is 2. The van der Waals surface area contributed by atoms with E-state index in [0.717, 1.165) is 11.8 Å². The van der Waals surface area contributed by atoms with Crippen LogP contribution >= 0.6 is 23.2 Å². The van der Waals surface area contributed by atoms with Crippen molar-refractivity contribution in [1.29, 1.82) is 0 Å². The largest absolute Gasteiger partial charge is 0.352 e. The Morgan fingerprint density at radius 2 is 1.81 bits per heavy atom. The summed E-state index contributed by atoms with van der Waals surface area (Å²) in [6, 6.07) is 16.9. The fourth-order valence-electron chi connectivity index (χ4n) is 3.76. The molecule has 0 spiro atoms. The summed E-state index contributed by atoms with van der Waals surface area (Å²) in [4.78, 5) is 30.1. The highest BCUT2D eigenvalue weighted by molar-refractivity contribution is 7.90. The first-order chi connectivity index (χ1) is 17.6. The molecule has 2 aromatic carbocycles.